The number of aromatic amines is 1. The van der Waals surface area contributed by atoms with Crippen molar-refractivity contribution in [3.63, 3.8) is 0 Å². The average molecular weight is 263 g/mol. The van der Waals surface area contributed by atoms with Crippen molar-refractivity contribution in [3.8, 4) is 0 Å². The third-order valence-corrected chi connectivity index (χ3v) is 3.58. The number of fused-ring (bicyclic) bond motifs is 1. The summed E-state index contributed by atoms with van der Waals surface area (Å²) in [5, 5.41) is 0. The van der Waals surface area contributed by atoms with Crippen molar-refractivity contribution in [2.45, 2.75) is 33.7 Å². The van der Waals surface area contributed by atoms with Gasteiger partial charge in [-0.25, -0.2) is 9.37 Å². The van der Waals surface area contributed by atoms with Crippen molar-refractivity contribution in [1.29, 1.82) is 0 Å². The molecule has 0 saturated carbocycles. The molecule has 0 bridgehead atoms. The summed E-state index contributed by atoms with van der Waals surface area (Å²) in [4.78, 5) is 10.3. The van der Waals surface area contributed by atoms with Crippen molar-refractivity contribution in [3.05, 3.63) is 29.8 Å². The Morgan fingerprint density at radius 2 is 1.95 bits per heavy atom. The summed E-state index contributed by atoms with van der Waals surface area (Å²) in [6.07, 6.45) is 0. The van der Waals surface area contributed by atoms with Gasteiger partial charge in [0.2, 0.25) is 0 Å². The molecule has 0 amide bonds. The zero-order valence-electron chi connectivity index (χ0n) is 12.1. The van der Waals surface area contributed by atoms with Crippen LogP contribution in [0.15, 0.2) is 18.2 Å². The molecule has 0 aliphatic heterocycles. The second-order valence-corrected chi connectivity index (χ2v) is 5.19. The van der Waals surface area contributed by atoms with Crippen LogP contribution in [-0.4, -0.2) is 28.0 Å². The summed E-state index contributed by atoms with van der Waals surface area (Å²) in [5.74, 6) is 1.15. The van der Waals surface area contributed by atoms with E-state index in [0.29, 0.717) is 5.92 Å². The van der Waals surface area contributed by atoms with Crippen LogP contribution in [0, 0.1) is 11.7 Å². The highest BCUT2D eigenvalue weighted by molar-refractivity contribution is 5.75. The maximum Gasteiger partial charge on any atom is 0.125 e. The van der Waals surface area contributed by atoms with Crippen molar-refractivity contribution >= 4 is 11.0 Å². The highest BCUT2D eigenvalue weighted by Gasteiger charge is 2.24. The maximum atomic E-state index is 13.2. The van der Waals surface area contributed by atoms with E-state index in [2.05, 4.69) is 42.6 Å². The van der Waals surface area contributed by atoms with Crippen LogP contribution in [0.5, 0.6) is 0 Å². The Morgan fingerprint density at radius 1 is 1.26 bits per heavy atom. The van der Waals surface area contributed by atoms with Gasteiger partial charge in [-0.2, -0.15) is 0 Å². The molecule has 1 atom stereocenters. The lowest BCUT2D eigenvalue weighted by atomic mass is 10.0. The van der Waals surface area contributed by atoms with Crippen molar-refractivity contribution in [1.82, 2.24) is 14.9 Å². The normalized spacial score (nSPS) is 13.6. The smallest absolute Gasteiger partial charge is 0.125 e. The number of H-pyrrole nitrogens is 1. The predicted octanol–water partition coefficient (Wildman–Crippen LogP) is 3.74. The van der Waals surface area contributed by atoms with Crippen molar-refractivity contribution in [2.24, 2.45) is 5.92 Å². The van der Waals surface area contributed by atoms with E-state index in [0.717, 1.165) is 29.9 Å². The number of hydrogen-bond acceptors (Lipinski definition) is 2. The molecule has 0 saturated heterocycles. The van der Waals surface area contributed by atoms with Crippen molar-refractivity contribution < 1.29 is 4.39 Å². The van der Waals surface area contributed by atoms with Crippen LogP contribution in [0.4, 0.5) is 4.39 Å². The lowest BCUT2D eigenvalue weighted by Crippen LogP contribution is -2.32. The van der Waals surface area contributed by atoms with E-state index in [9.17, 15) is 4.39 Å². The molecule has 0 aliphatic rings. The first-order valence-electron chi connectivity index (χ1n) is 6.96. The van der Waals surface area contributed by atoms with E-state index in [1.165, 1.54) is 12.1 Å². The van der Waals surface area contributed by atoms with Gasteiger partial charge < -0.3 is 4.98 Å². The number of halogens is 1. The minimum atomic E-state index is -0.230. The van der Waals surface area contributed by atoms with Crippen LogP contribution in [0.2, 0.25) is 0 Å². The van der Waals surface area contributed by atoms with Gasteiger partial charge in [0, 0.05) is 0 Å². The fourth-order valence-corrected chi connectivity index (χ4v) is 2.67. The Hall–Kier alpha value is -1.42. The predicted molar refractivity (Wildman–Crippen MR) is 76.6 cm³/mol. The summed E-state index contributed by atoms with van der Waals surface area (Å²) in [6, 6.07) is 4.93. The van der Waals surface area contributed by atoms with Gasteiger partial charge in [0.25, 0.3) is 0 Å². The second-order valence-electron chi connectivity index (χ2n) is 5.19. The van der Waals surface area contributed by atoms with Gasteiger partial charge in [0.05, 0.1) is 17.1 Å². The summed E-state index contributed by atoms with van der Waals surface area (Å²) < 4.78 is 13.2. The fraction of sp³-hybridized carbons (Fsp3) is 0.533. The van der Waals surface area contributed by atoms with Crippen molar-refractivity contribution in [2.75, 3.05) is 13.1 Å². The first-order chi connectivity index (χ1) is 9.06. The first kappa shape index (κ1) is 14.0. The standard InChI is InChI=1S/C15H22FN3/c1-5-19(6-2)14(10(3)4)15-17-12-8-7-11(16)9-13(12)18-15/h7-10,14H,5-6H2,1-4H3,(H,17,18). The quantitative estimate of drug-likeness (QED) is 0.891. The minimum Gasteiger partial charge on any atom is -0.341 e. The van der Waals surface area contributed by atoms with Gasteiger partial charge in [-0.1, -0.05) is 27.7 Å². The average Bonchev–Trinajstić information content (AvgIpc) is 2.77. The van der Waals surface area contributed by atoms with Crippen LogP contribution in [0.1, 0.15) is 39.6 Å². The molecule has 1 aromatic carbocycles. The Morgan fingerprint density at radius 3 is 2.53 bits per heavy atom. The number of nitrogens with zero attached hydrogens (tertiary/aromatic N) is 2. The third-order valence-electron chi connectivity index (χ3n) is 3.58. The highest BCUT2D eigenvalue weighted by Crippen LogP contribution is 2.28. The SMILES string of the molecule is CCN(CC)C(c1nc2ccc(F)cc2[nH]1)C(C)C. The second kappa shape index (κ2) is 5.70. The van der Waals surface area contributed by atoms with Gasteiger partial charge in [-0.05, 0) is 37.2 Å². The summed E-state index contributed by atoms with van der Waals surface area (Å²) in [6.45, 7) is 10.6. The number of hydrogen-bond donors (Lipinski definition) is 1. The molecule has 1 unspecified atom stereocenters. The molecule has 0 aliphatic carbocycles. The number of imidazole rings is 1. The summed E-state index contributed by atoms with van der Waals surface area (Å²) in [7, 11) is 0. The molecular formula is C15H22FN3. The molecule has 1 heterocycles. The fourth-order valence-electron chi connectivity index (χ4n) is 2.67. The number of rotatable bonds is 5. The molecule has 0 radical (unpaired) electrons. The minimum absolute atomic E-state index is 0.230. The molecule has 1 N–H and O–H groups in total. The van der Waals surface area contributed by atoms with E-state index in [1.54, 1.807) is 6.07 Å². The number of nitrogens with one attached hydrogen (secondary N) is 1. The van der Waals surface area contributed by atoms with Gasteiger partial charge in [0.1, 0.15) is 11.6 Å². The number of aromatic nitrogens is 2. The van der Waals surface area contributed by atoms with Crippen LogP contribution in [0.25, 0.3) is 11.0 Å². The summed E-state index contributed by atoms with van der Waals surface area (Å²) in [5.41, 5.74) is 1.60. The molecule has 4 heteroatoms. The van der Waals surface area contributed by atoms with Crippen LogP contribution < -0.4 is 0 Å². The monoisotopic (exact) mass is 263 g/mol. The van der Waals surface area contributed by atoms with Crippen LogP contribution >= 0.6 is 0 Å². The Kier molecular flexibility index (Phi) is 4.20. The number of benzene rings is 1. The summed E-state index contributed by atoms with van der Waals surface area (Å²) >= 11 is 0. The lowest BCUT2D eigenvalue weighted by Gasteiger charge is -2.31. The molecule has 3 nitrogen and oxygen atoms in total. The van der Waals surface area contributed by atoms with E-state index in [1.807, 2.05) is 0 Å². The molecule has 0 fully saturated rings. The van der Waals surface area contributed by atoms with Crippen LogP contribution in [-0.2, 0) is 0 Å². The lowest BCUT2D eigenvalue weighted by molar-refractivity contribution is 0.165. The van der Waals surface area contributed by atoms with Gasteiger partial charge >= 0.3 is 0 Å². The van der Waals surface area contributed by atoms with E-state index < -0.39 is 0 Å². The highest BCUT2D eigenvalue weighted by atomic mass is 19.1. The third kappa shape index (κ3) is 2.78. The molecule has 1 aromatic heterocycles. The van der Waals surface area contributed by atoms with E-state index in [-0.39, 0.29) is 11.9 Å². The largest absolute Gasteiger partial charge is 0.341 e. The molecule has 2 rings (SSSR count). The Bertz CT molecular complexity index is 543. The molecule has 104 valence electrons. The zero-order valence-corrected chi connectivity index (χ0v) is 12.1. The molecule has 2 aromatic rings. The van der Waals surface area contributed by atoms with E-state index in [4.69, 9.17) is 0 Å². The van der Waals surface area contributed by atoms with Gasteiger partial charge in [0.15, 0.2) is 0 Å². The molecule has 0 spiro atoms. The Labute approximate surface area is 113 Å². The van der Waals surface area contributed by atoms with Gasteiger partial charge in [-0.15, -0.1) is 0 Å². The molecular weight excluding hydrogens is 241 g/mol. The first-order valence-corrected chi connectivity index (χ1v) is 6.96. The maximum absolute atomic E-state index is 13.2. The van der Waals surface area contributed by atoms with Gasteiger partial charge in [-0.3, -0.25) is 4.90 Å². The Balaban J connectivity index is 2.44. The zero-order chi connectivity index (χ0) is 14.0. The molecule has 19 heavy (non-hydrogen) atoms. The topological polar surface area (TPSA) is 31.9 Å². The van der Waals surface area contributed by atoms with E-state index >= 15 is 0 Å². The van der Waals surface area contributed by atoms with Crippen LogP contribution in [0.3, 0.4) is 0 Å².